The van der Waals surface area contributed by atoms with Crippen LogP contribution in [-0.4, -0.2) is 29.2 Å². The highest BCUT2D eigenvalue weighted by Crippen LogP contribution is 2.32. The van der Waals surface area contributed by atoms with Gasteiger partial charge in [0.25, 0.3) is 11.1 Å². The Balaban J connectivity index is 1.65. The van der Waals surface area contributed by atoms with Crippen LogP contribution >= 0.6 is 11.8 Å². The number of hydrogen-bond donors (Lipinski definition) is 0. The van der Waals surface area contributed by atoms with Crippen LogP contribution in [0.4, 0.5) is 4.79 Å². The molecule has 1 aliphatic heterocycles. The first kappa shape index (κ1) is 18.3. The smallest absolute Gasteiger partial charge is 0.293 e. The Morgan fingerprint density at radius 3 is 2.46 bits per heavy atom. The van der Waals surface area contributed by atoms with Crippen molar-refractivity contribution >= 4 is 29.0 Å². The van der Waals surface area contributed by atoms with Gasteiger partial charge in [0.15, 0.2) is 0 Å². The largest absolute Gasteiger partial charge is 0.494 e. The molecule has 2 amide bonds. The van der Waals surface area contributed by atoms with Crippen LogP contribution in [0.3, 0.4) is 0 Å². The number of rotatable bonds is 7. The number of carbonyl (C=O) groups is 2. The molecule has 0 aromatic heterocycles. The fraction of sp³-hybridized carbons (Fsp3) is 0.238. The van der Waals surface area contributed by atoms with E-state index in [0.29, 0.717) is 24.5 Å². The fourth-order valence-corrected chi connectivity index (χ4v) is 3.47. The Morgan fingerprint density at radius 1 is 1.04 bits per heavy atom. The van der Waals surface area contributed by atoms with E-state index >= 15 is 0 Å². The van der Waals surface area contributed by atoms with E-state index in [0.717, 1.165) is 35.1 Å². The minimum Gasteiger partial charge on any atom is -0.494 e. The van der Waals surface area contributed by atoms with Crippen molar-refractivity contribution in [3.05, 3.63) is 70.6 Å². The zero-order valence-corrected chi connectivity index (χ0v) is 15.5. The summed E-state index contributed by atoms with van der Waals surface area (Å²) < 4.78 is 5.55. The van der Waals surface area contributed by atoms with Crippen molar-refractivity contribution in [2.24, 2.45) is 0 Å². The molecule has 1 saturated heterocycles. The molecule has 134 valence electrons. The highest BCUT2D eigenvalue weighted by atomic mass is 32.2. The summed E-state index contributed by atoms with van der Waals surface area (Å²) in [5, 5.41) is -0.208. The number of carbonyl (C=O) groups excluding carboxylic acids is 2. The van der Waals surface area contributed by atoms with Gasteiger partial charge in [-0.1, -0.05) is 49.4 Å². The Hall–Kier alpha value is -2.53. The molecule has 1 fully saturated rings. The van der Waals surface area contributed by atoms with E-state index < -0.39 is 0 Å². The van der Waals surface area contributed by atoms with E-state index in [4.69, 9.17) is 4.74 Å². The maximum absolute atomic E-state index is 12.5. The van der Waals surface area contributed by atoms with Gasteiger partial charge >= 0.3 is 0 Å². The molecule has 4 nitrogen and oxygen atoms in total. The maximum Gasteiger partial charge on any atom is 0.293 e. The molecule has 0 N–H and O–H groups in total. The zero-order chi connectivity index (χ0) is 18.4. The molecule has 1 heterocycles. The van der Waals surface area contributed by atoms with Crippen LogP contribution < -0.4 is 4.74 Å². The summed E-state index contributed by atoms with van der Waals surface area (Å²) in [5.41, 5.74) is 1.99. The van der Waals surface area contributed by atoms with Gasteiger partial charge in [-0.2, -0.15) is 0 Å². The normalized spacial score (nSPS) is 15.7. The quantitative estimate of drug-likeness (QED) is 0.662. The van der Waals surface area contributed by atoms with Crippen molar-refractivity contribution in [1.82, 2.24) is 4.90 Å². The average molecular weight is 367 g/mol. The lowest BCUT2D eigenvalue weighted by atomic mass is 10.1. The summed E-state index contributed by atoms with van der Waals surface area (Å²) in [7, 11) is 0. The Labute approximate surface area is 157 Å². The molecule has 3 rings (SSSR count). The summed E-state index contributed by atoms with van der Waals surface area (Å²) in [6.07, 6.45) is 3.38. The van der Waals surface area contributed by atoms with Gasteiger partial charge in [-0.3, -0.25) is 14.5 Å². The predicted molar refractivity (Wildman–Crippen MR) is 105 cm³/mol. The first-order chi connectivity index (χ1) is 12.7. The second-order valence-electron chi connectivity index (χ2n) is 5.99. The molecule has 1 aliphatic rings. The van der Waals surface area contributed by atoms with Crippen LogP contribution in [0.1, 0.15) is 24.5 Å². The van der Waals surface area contributed by atoms with Crippen LogP contribution in [0.5, 0.6) is 5.75 Å². The number of thioether (sulfide) groups is 1. The van der Waals surface area contributed by atoms with E-state index in [1.165, 1.54) is 4.90 Å². The van der Waals surface area contributed by atoms with Gasteiger partial charge in [0.05, 0.1) is 11.5 Å². The number of ether oxygens (including phenoxy) is 1. The third kappa shape index (κ3) is 4.55. The standard InChI is InChI=1S/C21H21NO3S/c1-2-14-25-18-10-8-17(9-11-18)15-19-20(23)22(21(24)26-19)13-12-16-6-4-3-5-7-16/h3-11,15H,2,12-14H2,1H3/b19-15-. The first-order valence-corrected chi connectivity index (χ1v) is 9.51. The van der Waals surface area contributed by atoms with Crippen LogP contribution in [-0.2, 0) is 11.2 Å². The third-order valence-corrected chi connectivity index (χ3v) is 4.90. The molecule has 26 heavy (non-hydrogen) atoms. The fourth-order valence-electron chi connectivity index (χ4n) is 2.61. The van der Waals surface area contributed by atoms with E-state index in [1.807, 2.05) is 54.6 Å². The summed E-state index contributed by atoms with van der Waals surface area (Å²) in [6, 6.07) is 17.4. The molecule has 0 atom stereocenters. The second-order valence-corrected chi connectivity index (χ2v) is 6.98. The maximum atomic E-state index is 12.5. The molecule has 5 heteroatoms. The molecule has 2 aromatic rings. The van der Waals surface area contributed by atoms with Crippen molar-refractivity contribution in [2.45, 2.75) is 19.8 Å². The lowest BCUT2D eigenvalue weighted by molar-refractivity contribution is -0.122. The average Bonchev–Trinajstić information content (AvgIpc) is 2.93. The molecule has 0 aliphatic carbocycles. The van der Waals surface area contributed by atoms with E-state index in [-0.39, 0.29) is 11.1 Å². The lowest BCUT2D eigenvalue weighted by Crippen LogP contribution is -2.30. The number of benzene rings is 2. The third-order valence-electron chi connectivity index (χ3n) is 3.99. The summed E-state index contributed by atoms with van der Waals surface area (Å²) in [5.74, 6) is 0.585. The minimum absolute atomic E-state index is 0.208. The van der Waals surface area contributed by atoms with Crippen molar-refractivity contribution in [3.8, 4) is 5.75 Å². The Morgan fingerprint density at radius 2 is 1.77 bits per heavy atom. The highest BCUT2D eigenvalue weighted by molar-refractivity contribution is 8.18. The van der Waals surface area contributed by atoms with Crippen LogP contribution in [0.25, 0.3) is 6.08 Å². The predicted octanol–water partition coefficient (Wildman–Crippen LogP) is 4.75. The van der Waals surface area contributed by atoms with Crippen molar-refractivity contribution < 1.29 is 14.3 Å². The van der Waals surface area contributed by atoms with Gasteiger partial charge < -0.3 is 4.74 Å². The van der Waals surface area contributed by atoms with Crippen molar-refractivity contribution in [1.29, 1.82) is 0 Å². The number of hydrogen-bond acceptors (Lipinski definition) is 4. The van der Waals surface area contributed by atoms with Gasteiger partial charge in [0, 0.05) is 6.54 Å². The monoisotopic (exact) mass is 367 g/mol. The Kier molecular flexibility index (Phi) is 6.12. The zero-order valence-electron chi connectivity index (χ0n) is 14.7. The SMILES string of the molecule is CCCOc1ccc(/C=C2\SC(=O)N(CCc3ccccc3)C2=O)cc1. The summed E-state index contributed by atoms with van der Waals surface area (Å²) in [4.78, 5) is 26.5. The van der Waals surface area contributed by atoms with E-state index in [2.05, 4.69) is 6.92 Å². The van der Waals surface area contributed by atoms with Gasteiger partial charge in [-0.25, -0.2) is 0 Å². The van der Waals surface area contributed by atoms with Crippen LogP contribution in [0.2, 0.25) is 0 Å². The molecular formula is C21H21NO3S. The minimum atomic E-state index is -0.220. The molecule has 0 saturated carbocycles. The molecule has 0 radical (unpaired) electrons. The topological polar surface area (TPSA) is 46.6 Å². The van der Waals surface area contributed by atoms with Crippen LogP contribution in [0.15, 0.2) is 59.5 Å². The summed E-state index contributed by atoms with van der Waals surface area (Å²) >= 11 is 0.997. The van der Waals surface area contributed by atoms with E-state index in [9.17, 15) is 9.59 Å². The van der Waals surface area contributed by atoms with Crippen LogP contribution in [0, 0.1) is 0 Å². The van der Waals surface area contributed by atoms with Crippen molar-refractivity contribution in [2.75, 3.05) is 13.2 Å². The lowest BCUT2D eigenvalue weighted by Gasteiger charge is -2.12. The van der Waals surface area contributed by atoms with Gasteiger partial charge in [0.2, 0.25) is 0 Å². The first-order valence-electron chi connectivity index (χ1n) is 8.69. The summed E-state index contributed by atoms with van der Waals surface area (Å²) in [6.45, 7) is 3.14. The van der Waals surface area contributed by atoms with Gasteiger partial charge in [0.1, 0.15) is 5.75 Å². The van der Waals surface area contributed by atoms with Gasteiger partial charge in [-0.05, 0) is 53.9 Å². The molecule has 0 spiro atoms. The molecule has 0 unspecified atom stereocenters. The van der Waals surface area contributed by atoms with Gasteiger partial charge in [-0.15, -0.1) is 0 Å². The molecule has 2 aromatic carbocycles. The second kappa shape index (κ2) is 8.72. The highest BCUT2D eigenvalue weighted by Gasteiger charge is 2.34. The van der Waals surface area contributed by atoms with E-state index in [1.54, 1.807) is 6.08 Å². The number of nitrogens with zero attached hydrogens (tertiary/aromatic N) is 1. The Bertz CT molecular complexity index is 800. The van der Waals surface area contributed by atoms with Crippen molar-refractivity contribution in [3.63, 3.8) is 0 Å². The molecular weight excluding hydrogens is 346 g/mol. The number of amides is 2. The number of imide groups is 1. The molecule has 0 bridgehead atoms.